The van der Waals surface area contributed by atoms with Crippen LogP contribution in [0, 0.1) is 5.92 Å². The van der Waals surface area contributed by atoms with Gasteiger partial charge in [-0.05, 0) is 31.2 Å². The van der Waals surface area contributed by atoms with Gasteiger partial charge < -0.3 is 14.4 Å². The van der Waals surface area contributed by atoms with E-state index in [2.05, 4.69) is 10.1 Å². The van der Waals surface area contributed by atoms with Crippen LogP contribution in [0.15, 0.2) is 24.7 Å². The maximum absolute atomic E-state index is 12.9. The van der Waals surface area contributed by atoms with Gasteiger partial charge in [0, 0.05) is 32.7 Å². The van der Waals surface area contributed by atoms with Crippen LogP contribution in [0.2, 0.25) is 0 Å². The molecule has 2 unspecified atom stereocenters. The summed E-state index contributed by atoms with van der Waals surface area (Å²) in [7, 11) is 1.73. The molecule has 0 aliphatic carbocycles. The highest BCUT2D eigenvalue weighted by molar-refractivity contribution is 5.99. The second-order valence-electron chi connectivity index (χ2n) is 6.77. The van der Waals surface area contributed by atoms with Crippen LogP contribution in [0.4, 0.5) is 0 Å². The Morgan fingerprint density at radius 3 is 3.33 bits per heavy atom. The molecule has 0 saturated carbocycles. The van der Waals surface area contributed by atoms with Gasteiger partial charge in [-0.2, -0.15) is 5.10 Å². The van der Waals surface area contributed by atoms with Crippen LogP contribution in [0.3, 0.4) is 0 Å². The van der Waals surface area contributed by atoms with Gasteiger partial charge in [-0.25, -0.2) is 9.50 Å². The van der Waals surface area contributed by atoms with E-state index in [1.54, 1.807) is 36.3 Å². The summed E-state index contributed by atoms with van der Waals surface area (Å²) < 4.78 is 12.9. The number of carbonyl (C=O) groups is 1. The molecular weight excluding hydrogens is 308 g/mol. The van der Waals surface area contributed by atoms with Crippen LogP contribution in [0.25, 0.3) is 5.65 Å². The van der Waals surface area contributed by atoms with Gasteiger partial charge in [0.05, 0.1) is 24.9 Å². The summed E-state index contributed by atoms with van der Waals surface area (Å²) >= 11 is 0. The molecule has 2 fully saturated rings. The topological polar surface area (TPSA) is 69.0 Å². The van der Waals surface area contributed by atoms with Crippen LogP contribution >= 0.6 is 0 Å². The molecule has 2 atom stereocenters. The lowest BCUT2D eigenvalue weighted by atomic mass is 9.92. The van der Waals surface area contributed by atoms with E-state index in [1.165, 1.54) is 0 Å². The quantitative estimate of drug-likeness (QED) is 0.847. The van der Waals surface area contributed by atoms with Gasteiger partial charge in [0.2, 0.25) is 0 Å². The van der Waals surface area contributed by atoms with Crippen molar-refractivity contribution in [3.63, 3.8) is 0 Å². The zero-order chi connectivity index (χ0) is 16.6. The Morgan fingerprint density at radius 1 is 1.54 bits per heavy atom. The molecule has 0 bridgehead atoms. The zero-order valence-electron chi connectivity index (χ0n) is 13.9. The van der Waals surface area contributed by atoms with E-state index in [0.29, 0.717) is 23.7 Å². The van der Waals surface area contributed by atoms with Crippen molar-refractivity contribution in [1.29, 1.82) is 0 Å². The summed E-state index contributed by atoms with van der Waals surface area (Å²) in [6.45, 7) is 2.91. The van der Waals surface area contributed by atoms with Crippen molar-refractivity contribution in [2.45, 2.75) is 24.9 Å². The highest BCUT2D eigenvalue weighted by Crippen LogP contribution is 2.39. The van der Waals surface area contributed by atoms with Crippen LogP contribution in [-0.2, 0) is 9.47 Å². The van der Waals surface area contributed by atoms with E-state index < -0.39 is 0 Å². The Balaban J connectivity index is 1.46. The summed E-state index contributed by atoms with van der Waals surface area (Å²) in [5, 5.41) is 4.21. The fourth-order valence-electron chi connectivity index (χ4n) is 3.86. The molecule has 2 aromatic rings. The third kappa shape index (κ3) is 2.67. The van der Waals surface area contributed by atoms with Crippen molar-refractivity contribution in [1.82, 2.24) is 19.5 Å². The minimum atomic E-state index is -0.176. The molecule has 7 heteroatoms. The molecule has 2 aromatic heterocycles. The molecule has 0 radical (unpaired) electrons. The fraction of sp³-hybridized carbons (Fsp3) is 0.588. The number of amides is 1. The van der Waals surface area contributed by atoms with Gasteiger partial charge in [0.25, 0.3) is 5.91 Å². The second-order valence-corrected chi connectivity index (χ2v) is 6.77. The van der Waals surface area contributed by atoms with E-state index in [-0.39, 0.29) is 11.5 Å². The Kier molecular flexibility index (Phi) is 3.97. The molecule has 2 saturated heterocycles. The summed E-state index contributed by atoms with van der Waals surface area (Å²) in [5.74, 6) is 0.517. The number of ether oxygens (including phenoxy) is 2. The third-order valence-electron chi connectivity index (χ3n) is 5.13. The number of fused-ring (bicyclic) bond motifs is 1. The van der Waals surface area contributed by atoms with Crippen molar-refractivity contribution in [2.24, 2.45) is 5.92 Å². The summed E-state index contributed by atoms with van der Waals surface area (Å²) in [6.07, 6.45) is 8.00. The molecule has 24 heavy (non-hydrogen) atoms. The van der Waals surface area contributed by atoms with Gasteiger partial charge in [0.1, 0.15) is 5.56 Å². The van der Waals surface area contributed by atoms with Crippen LogP contribution in [0.5, 0.6) is 0 Å². The van der Waals surface area contributed by atoms with Crippen LogP contribution < -0.4 is 0 Å². The number of methoxy groups -OCH3 is 1. The maximum Gasteiger partial charge on any atom is 0.259 e. The van der Waals surface area contributed by atoms with Gasteiger partial charge in [-0.15, -0.1) is 0 Å². The lowest BCUT2D eigenvalue weighted by Gasteiger charge is -2.23. The van der Waals surface area contributed by atoms with Crippen molar-refractivity contribution < 1.29 is 14.3 Å². The first-order chi connectivity index (χ1) is 11.7. The molecule has 4 rings (SSSR count). The first-order valence-electron chi connectivity index (χ1n) is 8.41. The standard InChI is InChI=1S/C17H22N4O3/c1-23-8-3-13-9-17(24-11-13)4-7-20(12-17)16(22)14-10-19-21-6-2-5-18-15(14)21/h2,5-6,10,13H,3-4,7-9,11-12H2,1H3. The van der Waals surface area contributed by atoms with Gasteiger partial charge in [-0.1, -0.05) is 0 Å². The van der Waals surface area contributed by atoms with Gasteiger partial charge >= 0.3 is 0 Å². The smallest absolute Gasteiger partial charge is 0.259 e. The molecule has 7 nitrogen and oxygen atoms in total. The largest absolute Gasteiger partial charge is 0.385 e. The first kappa shape index (κ1) is 15.5. The SMILES string of the molecule is COCCC1COC2(CCN(C(=O)c3cnn4cccnc34)C2)C1. The Hall–Kier alpha value is -1.99. The molecule has 4 heterocycles. The van der Waals surface area contributed by atoms with Crippen molar-refractivity contribution in [3.05, 3.63) is 30.2 Å². The van der Waals surface area contributed by atoms with Crippen molar-refractivity contribution in [3.8, 4) is 0 Å². The summed E-state index contributed by atoms with van der Waals surface area (Å²) in [6, 6.07) is 1.80. The monoisotopic (exact) mass is 330 g/mol. The number of likely N-dealkylation sites (tertiary alicyclic amines) is 1. The Labute approximate surface area is 140 Å². The predicted molar refractivity (Wildman–Crippen MR) is 86.8 cm³/mol. The second kappa shape index (κ2) is 6.14. The molecule has 0 N–H and O–H groups in total. The number of aromatic nitrogens is 3. The summed E-state index contributed by atoms with van der Waals surface area (Å²) in [5.41, 5.74) is 0.986. The number of hydrogen-bond donors (Lipinski definition) is 0. The number of rotatable bonds is 4. The number of nitrogens with zero attached hydrogens (tertiary/aromatic N) is 4. The van der Waals surface area contributed by atoms with Gasteiger partial charge in [-0.3, -0.25) is 4.79 Å². The van der Waals surface area contributed by atoms with Crippen molar-refractivity contribution >= 4 is 11.6 Å². The van der Waals surface area contributed by atoms with Crippen LogP contribution in [0.1, 0.15) is 29.6 Å². The van der Waals surface area contributed by atoms with Gasteiger partial charge in [0.15, 0.2) is 5.65 Å². The van der Waals surface area contributed by atoms with E-state index in [4.69, 9.17) is 9.47 Å². The Morgan fingerprint density at radius 2 is 2.46 bits per heavy atom. The predicted octanol–water partition coefficient (Wildman–Crippen LogP) is 1.39. The molecular formula is C17H22N4O3. The molecule has 2 aliphatic rings. The average molecular weight is 330 g/mol. The summed E-state index contributed by atoms with van der Waals surface area (Å²) in [4.78, 5) is 19.0. The molecule has 2 aliphatic heterocycles. The molecule has 1 spiro atoms. The van der Waals surface area contributed by atoms with Crippen molar-refractivity contribution in [2.75, 3.05) is 33.4 Å². The number of carbonyl (C=O) groups excluding carboxylic acids is 1. The molecule has 0 aromatic carbocycles. The fourth-order valence-corrected chi connectivity index (χ4v) is 3.86. The van der Waals surface area contributed by atoms with E-state index in [0.717, 1.165) is 39.0 Å². The van der Waals surface area contributed by atoms with Crippen LogP contribution in [-0.4, -0.2) is 64.4 Å². The highest BCUT2D eigenvalue weighted by Gasteiger charge is 2.46. The average Bonchev–Trinajstić information content (AvgIpc) is 3.32. The number of hydrogen-bond acceptors (Lipinski definition) is 5. The van der Waals surface area contributed by atoms with E-state index in [9.17, 15) is 4.79 Å². The molecule has 128 valence electrons. The normalized spacial score (nSPS) is 26.7. The minimum Gasteiger partial charge on any atom is -0.385 e. The van der Waals surface area contributed by atoms with E-state index >= 15 is 0 Å². The lowest BCUT2D eigenvalue weighted by Crippen LogP contribution is -2.35. The maximum atomic E-state index is 12.9. The molecule has 1 amide bonds. The Bertz CT molecular complexity index is 746. The minimum absolute atomic E-state index is 0.00971. The third-order valence-corrected chi connectivity index (χ3v) is 5.13. The highest BCUT2D eigenvalue weighted by atomic mass is 16.5. The zero-order valence-corrected chi connectivity index (χ0v) is 13.9. The van der Waals surface area contributed by atoms with E-state index in [1.807, 2.05) is 4.90 Å². The lowest BCUT2D eigenvalue weighted by molar-refractivity contribution is 0.0113. The first-order valence-corrected chi connectivity index (χ1v) is 8.41.